The topological polar surface area (TPSA) is 106 Å². The minimum Gasteiger partial charge on any atom is -0.475 e. The molecule has 0 amide bonds. The van der Waals surface area contributed by atoms with Crippen molar-refractivity contribution in [3.8, 4) is 11.1 Å². The van der Waals surface area contributed by atoms with Gasteiger partial charge in [-0.15, -0.1) is 0 Å². The number of carboxylic acid groups (broad SMARTS) is 1. The van der Waals surface area contributed by atoms with E-state index in [0.717, 1.165) is 35.3 Å². The van der Waals surface area contributed by atoms with Gasteiger partial charge in [-0.2, -0.15) is 18.3 Å². The average molecular weight is 483 g/mol. The van der Waals surface area contributed by atoms with E-state index in [1.54, 1.807) is 23.3 Å². The maximum Gasteiger partial charge on any atom is 0.490 e. The maximum absolute atomic E-state index is 13.0. The Kier molecular flexibility index (Phi) is 5.83. The van der Waals surface area contributed by atoms with E-state index < -0.39 is 22.0 Å². The second kappa shape index (κ2) is 8.34. The van der Waals surface area contributed by atoms with Crippen molar-refractivity contribution in [1.82, 2.24) is 14.7 Å². The van der Waals surface area contributed by atoms with Gasteiger partial charge in [-0.25, -0.2) is 13.2 Å². The fourth-order valence-electron chi connectivity index (χ4n) is 4.27. The number of sulfone groups is 1. The Morgan fingerprint density at radius 2 is 1.97 bits per heavy atom. The number of hydrogen-bond donors (Lipinski definition) is 1. The molecule has 176 valence electrons. The normalized spacial score (nSPS) is 21.2. The first kappa shape index (κ1) is 23.1. The standard InChI is InChI=1S/C19H19N3O3S.C2HF3O2/c1-21-8-13(7-20-21)9-22-10-17-16-6-14(15-4-5-25-12-15)2-3-18(16)26(23,24)19(17)11-22;3-2(4,5)1(6)7/h2-8,12,17,19H,9-11H2,1H3;(H,6,7). The summed E-state index contributed by atoms with van der Waals surface area (Å²) in [6, 6.07) is 7.55. The number of aliphatic carboxylic acids is 1. The highest BCUT2D eigenvalue weighted by Crippen LogP contribution is 2.46. The molecule has 1 fully saturated rings. The Bertz CT molecular complexity index is 1270. The fraction of sp³-hybridized carbons (Fsp3) is 0.333. The molecule has 8 nitrogen and oxygen atoms in total. The van der Waals surface area contributed by atoms with Crippen LogP contribution in [-0.2, 0) is 28.2 Å². The second-order valence-corrected chi connectivity index (χ2v) is 10.1. The van der Waals surface area contributed by atoms with Crippen LogP contribution in [0.3, 0.4) is 0 Å². The molecular weight excluding hydrogens is 463 g/mol. The van der Waals surface area contributed by atoms with Crippen molar-refractivity contribution in [2.45, 2.75) is 28.8 Å². The van der Waals surface area contributed by atoms with Gasteiger partial charge in [0.15, 0.2) is 9.84 Å². The summed E-state index contributed by atoms with van der Waals surface area (Å²) in [5.74, 6) is -2.73. The Balaban J connectivity index is 0.000000325. The minimum absolute atomic E-state index is 0.0264. The van der Waals surface area contributed by atoms with Crippen LogP contribution in [0.5, 0.6) is 0 Å². The van der Waals surface area contributed by atoms with Crippen LogP contribution in [0.4, 0.5) is 13.2 Å². The highest BCUT2D eigenvalue weighted by molar-refractivity contribution is 7.92. The predicted molar refractivity (Wildman–Crippen MR) is 110 cm³/mol. The van der Waals surface area contributed by atoms with E-state index in [4.69, 9.17) is 14.3 Å². The lowest BCUT2D eigenvalue weighted by Gasteiger charge is -2.16. The van der Waals surface area contributed by atoms with E-state index in [9.17, 15) is 21.6 Å². The lowest BCUT2D eigenvalue weighted by atomic mass is 9.95. The van der Waals surface area contributed by atoms with E-state index in [2.05, 4.69) is 10.00 Å². The van der Waals surface area contributed by atoms with Crippen molar-refractivity contribution < 1.29 is 35.9 Å². The van der Waals surface area contributed by atoms with Crippen LogP contribution >= 0.6 is 0 Å². The molecule has 5 rings (SSSR count). The van der Waals surface area contributed by atoms with Crippen molar-refractivity contribution in [2.24, 2.45) is 7.05 Å². The lowest BCUT2D eigenvalue weighted by molar-refractivity contribution is -0.192. The number of aromatic nitrogens is 2. The number of fused-ring (bicyclic) bond motifs is 3. The molecule has 1 saturated heterocycles. The second-order valence-electron chi connectivity index (χ2n) is 7.97. The zero-order chi connectivity index (χ0) is 24.0. The van der Waals surface area contributed by atoms with E-state index in [-0.39, 0.29) is 11.2 Å². The number of rotatable bonds is 3. The summed E-state index contributed by atoms with van der Waals surface area (Å²) in [5.41, 5.74) is 4.03. The third-order valence-electron chi connectivity index (χ3n) is 5.72. The van der Waals surface area contributed by atoms with Crippen molar-refractivity contribution in [1.29, 1.82) is 0 Å². The number of furan rings is 1. The van der Waals surface area contributed by atoms with Gasteiger partial charge in [0.1, 0.15) is 0 Å². The fourth-order valence-corrected chi connectivity index (χ4v) is 6.47. The molecule has 3 aromatic rings. The maximum atomic E-state index is 13.0. The van der Waals surface area contributed by atoms with E-state index in [1.807, 2.05) is 37.6 Å². The summed E-state index contributed by atoms with van der Waals surface area (Å²) in [4.78, 5) is 11.6. The number of hydrogen-bond acceptors (Lipinski definition) is 6. The van der Waals surface area contributed by atoms with Gasteiger partial charge >= 0.3 is 12.1 Å². The quantitative estimate of drug-likeness (QED) is 0.610. The van der Waals surface area contributed by atoms with E-state index >= 15 is 0 Å². The highest BCUT2D eigenvalue weighted by atomic mass is 32.2. The van der Waals surface area contributed by atoms with Gasteiger partial charge < -0.3 is 9.52 Å². The molecule has 0 aliphatic carbocycles. The molecule has 1 N–H and O–H groups in total. The van der Waals surface area contributed by atoms with Crippen LogP contribution in [0.1, 0.15) is 17.0 Å². The van der Waals surface area contributed by atoms with Gasteiger partial charge in [-0.3, -0.25) is 9.58 Å². The first-order valence-electron chi connectivity index (χ1n) is 9.87. The molecule has 2 unspecified atom stereocenters. The van der Waals surface area contributed by atoms with Gasteiger partial charge in [-0.05, 0) is 29.3 Å². The number of likely N-dealkylation sites (tertiary alicyclic amines) is 1. The third-order valence-corrected chi connectivity index (χ3v) is 7.98. The van der Waals surface area contributed by atoms with E-state index in [0.29, 0.717) is 11.4 Å². The monoisotopic (exact) mass is 483 g/mol. The van der Waals surface area contributed by atoms with Crippen molar-refractivity contribution in [2.75, 3.05) is 13.1 Å². The minimum atomic E-state index is -5.08. The van der Waals surface area contributed by atoms with Crippen LogP contribution in [0.25, 0.3) is 11.1 Å². The predicted octanol–water partition coefficient (Wildman–Crippen LogP) is 3.07. The number of halogens is 3. The number of nitrogens with zero attached hydrogens (tertiary/aromatic N) is 3. The molecule has 0 saturated carbocycles. The molecule has 2 aliphatic heterocycles. The Morgan fingerprint density at radius 3 is 2.55 bits per heavy atom. The van der Waals surface area contributed by atoms with Crippen LogP contribution < -0.4 is 0 Å². The third kappa shape index (κ3) is 4.53. The average Bonchev–Trinajstić information content (AvgIpc) is 3.50. The first-order chi connectivity index (χ1) is 15.5. The van der Waals surface area contributed by atoms with Crippen LogP contribution in [0.2, 0.25) is 0 Å². The lowest BCUT2D eigenvalue weighted by Crippen LogP contribution is -2.25. The molecule has 2 aliphatic rings. The number of carboxylic acids is 1. The Hall–Kier alpha value is -3.12. The van der Waals surface area contributed by atoms with Crippen LogP contribution in [0, 0.1) is 0 Å². The van der Waals surface area contributed by atoms with Crippen molar-refractivity contribution >= 4 is 15.8 Å². The SMILES string of the molecule is Cn1cc(CN2CC3c4cc(-c5ccoc5)ccc4S(=O)(=O)C3C2)cn1.O=C(O)C(F)(F)F. The number of carbonyl (C=O) groups is 1. The van der Waals surface area contributed by atoms with Gasteiger partial charge in [-0.1, -0.05) is 6.07 Å². The molecule has 0 radical (unpaired) electrons. The Morgan fingerprint density at radius 1 is 1.24 bits per heavy atom. The zero-order valence-electron chi connectivity index (χ0n) is 17.4. The molecule has 12 heteroatoms. The van der Waals surface area contributed by atoms with Crippen LogP contribution in [-0.4, -0.2) is 58.7 Å². The van der Waals surface area contributed by atoms with Crippen LogP contribution in [0.15, 0.2) is 58.5 Å². The van der Waals surface area contributed by atoms with Gasteiger partial charge in [0.05, 0.1) is 28.9 Å². The van der Waals surface area contributed by atoms with Gasteiger partial charge in [0.2, 0.25) is 0 Å². The smallest absolute Gasteiger partial charge is 0.475 e. The molecule has 2 aromatic heterocycles. The summed E-state index contributed by atoms with van der Waals surface area (Å²) in [6.45, 7) is 2.05. The number of benzene rings is 1. The highest BCUT2D eigenvalue weighted by Gasteiger charge is 2.50. The summed E-state index contributed by atoms with van der Waals surface area (Å²) >= 11 is 0. The number of aryl methyl sites for hydroxylation is 1. The largest absolute Gasteiger partial charge is 0.490 e. The van der Waals surface area contributed by atoms with E-state index in [1.165, 1.54) is 0 Å². The zero-order valence-corrected chi connectivity index (χ0v) is 18.2. The van der Waals surface area contributed by atoms with Gasteiger partial charge in [0.25, 0.3) is 0 Å². The molecule has 2 atom stereocenters. The molecule has 33 heavy (non-hydrogen) atoms. The van der Waals surface area contributed by atoms with Gasteiger partial charge in [0, 0.05) is 49.9 Å². The summed E-state index contributed by atoms with van der Waals surface area (Å²) < 4.78 is 64.7. The molecule has 0 bridgehead atoms. The summed E-state index contributed by atoms with van der Waals surface area (Å²) in [7, 11) is -1.39. The Labute approximate surface area is 187 Å². The van der Waals surface area contributed by atoms with Crippen molar-refractivity contribution in [3.63, 3.8) is 0 Å². The summed E-state index contributed by atoms with van der Waals surface area (Å²) in [6.07, 6.45) is 2.06. The molecule has 4 heterocycles. The number of alkyl halides is 3. The first-order valence-corrected chi connectivity index (χ1v) is 11.4. The molecule has 1 aromatic carbocycles. The van der Waals surface area contributed by atoms with Crippen molar-refractivity contribution in [3.05, 3.63) is 60.3 Å². The molecular formula is C21H20F3N3O5S. The molecule has 0 spiro atoms. The summed E-state index contributed by atoms with van der Waals surface area (Å²) in [5, 5.41) is 11.0.